The first-order valence-corrected chi connectivity index (χ1v) is 7.34. The van der Waals surface area contributed by atoms with E-state index in [4.69, 9.17) is 9.47 Å². The molecule has 0 aliphatic rings. The summed E-state index contributed by atoms with van der Waals surface area (Å²) in [4.78, 5) is 0. The Balaban J connectivity index is 2.34. The van der Waals surface area contributed by atoms with Crippen molar-refractivity contribution in [3.8, 4) is 23.3 Å². The fourth-order valence-electron chi connectivity index (χ4n) is 1.92. The average Bonchev–Trinajstić information content (AvgIpc) is 2.61. The summed E-state index contributed by atoms with van der Waals surface area (Å²) in [6.07, 6.45) is 1.38. The average molecular weight is 350 g/mol. The molecule has 25 heavy (non-hydrogen) atoms. The molecule has 2 aromatic carbocycles. The van der Waals surface area contributed by atoms with Crippen LogP contribution in [0.25, 0.3) is 0 Å². The molecule has 0 heterocycles. The van der Waals surface area contributed by atoms with Gasteiger partial charge in [0.15, 0.2) is 23.1 Å². The Bertz CT molecular complexity index is 851. The van der Waals surface area contributed by atoms with Crippen molar-refractivity contribution >= 4 is 0 Å². The highest BCUT2D eigenvalue weighted by Crippen LogP contribution is 2.24. The molecular formula is C19H14F4O2. The van der Waals surface area contributed by atoms with Gasteiger partial charge < -0.3 is 9.47 Å². The summed E-state index contributed by atoms with van der Waals surface area (Å²) in [5.41, 5.74) is -0.607. The molecule has 0 amide bonds. The Kier molecular flexibility index (Phi) is 6.07. The van der Waals surface area contributed by atoms with Crippen molar-refractivity contribution in [1.29, 1.82) is 0 Å². The van der Waals surface area contributed by atoms with E-state index < -0.39 is 23.3 Å². The van der Waals surface area contributed by atoms with Gasteiger partial charge in [0.05, 0.1) is 17.7 Å². The van der Waals surface area contributed by atoms with Crippen LogP contribution in [0.15, 0.2) is 36.9 Å². The highest BCUT2D eigenvalue weighted by atomic mass is 19.2. The van der Waals surface area contributed by atoms with Crippen molar-refractivity contribution in [2.75, 3.05) is 13.2 Å². The molecule has 2 aromatic rings. The Hall–Kier alpha value is -2.94. The topological polar surface area (TPSA) is 18.5 Å². The van der Waals surface area contributed by atoms with Crippen LogP contribution in [0.2, 0.25) is 0 Å². The minimum atomic E-state index is -1.24. The van der Waals surface area contributed by atoms with E-state index >= 15 is 0 Å². The number of hydrogen-bond donors (Lipinski definition) is 0. The Morgan fingerprint density at radius 3 is 1.76 bits per heavy atom. The lowest BCUT2D eigenvalue weighted by atomic mass is 10.1. The molecule has 130 valence electrons. The number of rotatable bonds is 5. The molecule has 0 aliphatic heterocycles. The van der Waals surface area contributed by atoms with Crippen LogP contribution in [0.3, 0.4) is 0 Å². The van der Waals surface area contributed by atoms with Crippen molar-refractivity contribution in [2.24, 2.45) is 0 Å². The predicted octanol–water partition coefficient (Wildman–Crippen LogP) is 4.61. The molecule has 0 bridgehead atoms. The highest BCUT2D eigenvalue weighted by Gasteiger charge is 2.15. The summed E-state index contributed by atoms with van der Waals surface area (Å²) in [6.45, 7) is 5.22. The van der Waals surface area contributed by atoms with Crippen LogP contribution in [0, 0.1) is 35.1 Å². The Morgan fingerprint density at radius 2 is 1.32 bits per heavy atom. The summed E-state index contributed by atoms with van der Waals surface area (Å²) < 4.78 is 65.4. The van der Waals surface area contributed by atoms with Crippen molar-refractivity contribution in [2.45, 2.75) is 6.92 Å². The van der Waals surface area contributed by atoms with Gasteiger partial charge in [-0.05, 0) is 31.2 Å². The molecule has 0 unspecified atom stereocenters. The molecule has 2 nitrogen and oxygen atoms in total. The van der Waals surface area contributed by atoms with E-state index in [0.29, 0.717) is 0 Å². The number of benzene rings is 2. The lowest BCUT2D eigenvalue weighted by Gasteiger charge is -2.06. The molecule has 0 aliphatic carbocycles. The summed E-state index contributed by atoms with van der Waals surface area (Å²) >= 11 is 0. The number of hydrogen-bond acceptors (Lipinski definition) is 2. The Morgan fingerprint density at radius 1 is 0.840 bits per heavy atom. The molecule has 6 heteroatoms. The predicted molar refractivity (Wildman–Crippen MR) is 85.6 cm³/mol. The van der Waals surface area contributed by atoms with Gasteiger partial charge in [-0.2, -0.15) is 8.78 Å². The summed E-state index contributed by atoms with van der Waals surface area (Å²) in [7, 11) is 0. The van der Waals surface area contributed by atoms with E-state index in [1.807, 2.05) is 0 Å². The zero-order valence-corrected chi connectivity index (χ0v) is 13.3. The first kappa shape index (κ1) is 18.4. The molecular weight excluding hydrogens is 336 g/mol. The molecule has 0 saturated carbocycles. The first-order chi connectivity index (χ1) is 12.0. The monoisotopic (exact) mass is 350 g/mol. The summed E-state index contributed by atoms with van der Waals surface area (Å²) in [6, 6.07) is 4.80. The van der Waals surface area contributed by atoms with Gasteiger partial charge in [0, 0.05) is 0 Å². The molecule has 0 spiro atoms. The van der Waals surface area contributed by atoms with Crippen LogP contribution in [-0.2, 0) is 0 Å². The van der Waals surface area contributed by atoms with Gasteiger partial charge in [0.1, 0.15) is 6.61 Å². The molecule has 0 aromatic heterocycles. The smallest absolute Gasteiger partial charge is 0.201 e. The Labute approximate surface area is 142 Å². The molecule has 0 saturated heterocycles. The normalized spacial score (nSPS) is 9.96. The zero-order chi connectivity index (χ0) is 18.4. The van der Waals surface area contributed by atoms with Gasteiger partial charge in [0.2, 0.25) is 11.6 Å². The minimum absolute atomic E-state index is 0.0120. The van der Waals surface area contributed by atoms with Crippen molar-refractivity contribution in [3.63, 3.8) is 0 Å². The summed E-state index contributed by atoms with van der Waals surface area (Å²) in [5.74, 6) is -0.819. The third kappa shape index (κ3) is 4.13. The second-order valence-corrected chi connectivity index (χ2v) is 4.76. The molecule has 0 fully saturated rings. The van der Waals surface area contributed by atoms with Crippen LogP contribution >= 0.6 is 0 Å². The van der Waals surface area contributed by atoms with Gasteiger partial charge in [-0.1, -0.05) is 24.5 Å². The number of ether oxygens (including phenoxy) is 2. The van der Waals surface area contributed by atoms with Crippen LogP contribution in [-0.4, -0.2) is 13.2 Å². The van der Waals surface area contributed by atoms with Crippen molar-refractivity contribution in [1.82, 2.24) is 0 Å². The minimum Gasteiger partial charge on any atom is -0.491 e. The standard InChI is InChI=1S/C19H14F4O2/c1-3-11-25-15-10-8-13(17(21)19(15)23)6-5-12-7-9-14(24-4-2)18(22)16(12)20/h3,7-10H,1,4,11H2,2H3. The third-order valence-electron chi connectivity index (χ3n) is 3.08. The third-order valence-corrected chi connectivity index (χ3v) is 3.08. The molecule has 0 radical (unpaired) electrons. The van der Waals surface area contributed by atoms with E-state index in [0.717, 1.165) is 0 Å². The van der Waals surface area contributed by atoms with Gasteiger partial charge in [-0.15, -0.1) is 0 Å². The maximum Gasteiger partial charge on any atom is 0.201 e. The number of halogens is 4. The first-order valence-electron chi connectivity index (χ1n) is 7.34. The van der Waals surface area contributed by atoms with E-state index in [1.54, 1.807) is 6.92 Å². The fourth-order valence-corrected chi connectivity index (χ4v) is 1.92. The lowest BCUT2D eigenvalue weighted by molar-refractivity contribution is 0.314. The van der Waals surface area contributed by atoms with Gasteiger partial charge in [0.25, 0.3) is 0 Å². The van der Waals surface area contributed by atoms with Crippen LogP contribution in [0.1, 0.15) is 18.1 Å². The van der Waals surface area contributed by atoms with Crippen LogP contribution in [0.4, 0.5) is 17.6 Å². The highest BCUT2D eigenvalue weighted by molar-refractivity contribution is 5.47. The molecule has 2 rings (SSSR count). The zero-order valence-electron chi connectivity index (χ0n) is 13.3. The second kappa shape index (κ2) is 8.25. The molecule has 0 atom stereocenters. The lowest BCUT2D eigenvalue weighted by Crippen LogP contribution is -2.00. The van der Waals surface area contributed by atoms with E-state index in [-0.39, 0.29) is 35.8 Å². The van der Waals surface area contributed by atoms with Gasteiger partial charge in [-0.25, -0.2) is 8.78 Å². The molecule has 0 N–H and O–H groups in total. The quantitative estimate of drug-likeness (QED) is 0.446. The SMILES string of the molecule is C=CCOc1ccc(C#Cc2ccc(OCC)c(F)c2F)c(F)c1F. The maximum atomic E-state index is 14.0. The fraction of sp³-hybridized carbons (Fsp3) is 0.158. The van der Waals surface area contributed by atoms with Crippen molar-refractivity contribution < 1.29 is 27.0 Å². The van der Waals surface area contributed by atoms with Gasteiger partial charge >= 0.3 is 0 Å². The van der Waals surface area contributed by atoms with Crippen LogP contribution in [0.5, 0.6) is 11.5 Å². The van der Waals surface area contributed by atoms with Gasteiger partial charge in [-0.3, -0.25) is 0 Å². The maximum absolute atomic E-state index is 14.0. The van der Waals surface area contributed by atoms with Crippen molar-refractivity contribution in [3.05, 3.63) is 71.3 Å². The second-order valence-electron chi connectivity index (χ2n) is 4.76. The van der Waals surface area contributed by atoms with E-state index in [2.05, 4.69) is 18.4 Å². The summed E-state index contributed by atoms with van der Waals surface area (Å²) in [5, 5.41) is 0. The van der Waals surface area contributed by atoms with E-state index in [1.165, 1.54) is 30.3 Å². The van der Waals surface area contributed by atoms with Crippen LogP contribution < -0.4 is 9.47 Å². The largest absolute Gasteiger partial charge is 0.491 e. The van der Waals surface area contributed by atoms with E-state index in [9.17, 15) is 17.6 Å².